The van der Waals surface area contributed by atoms with E-state index in [1.54, 1.807) is 11.3 Å². The van der Waals surface area contributed by atoms with Crippen LogP contribution in [0, 0.1) is 13.8 Å². The fraction of sp³-hybridized carbons (Fsp3) is 0.320. The molecule has 4 rings (SSSR count). The molecule has 0 saturated carbocycles. The van der Waals surface area contributed by atoms with Crippen LogP contribution in [0.1, 0.15) is 38.0 Å². The van der Waals surface area contributed by atoms with E-state index in [0.29, 0.717) is 5.56 Å². The molecule has 6 heteroatoms. The van der Waals surface area contributed by atoms with Crippen molar-refractivity contribution >= 4 is 33.8 Å². The molecule has 2 heterocycles. The van der Waals surface area contributed by atoms with Crippen molar-refractivity contribution in [1.82, 2.24) is 9.80 Å². The number of hydrogen-bond acceptors (Lipinski definition) is 4. The molecule has 0 spiro atoms. The minimum atomic E-state index is -0.0775. The van der Waals surface area contributed by atoms with E-state index in [4.69, 9.17) is 11.6 Å². The second-order valence-electron chi connectivity index (χ2n) is 8.14. The Hall–Kier alpha value is -2.18. The van der Waals surface area contributed by atoms with Gasteiger partial charge >= 0.3 is 0 Å². The van der Waals surface area contributed by atoms with Crippen molar-refractivity contribution in [2.24, 2.45) is 0 Å². The maximum absolute atomic E-state index is 13.0. The van der Waals surface area contributed by atoms with Gasteiger partial charge in [-0.15, -0.1) is 11.3 Å². The third-order valence-electron chi connectivity index (χ3n) is 6.04. The molecular formula is C25H28ClN3OS. The minimum Gasteiger partial charge on any atom is -0.313 e. The number of anilines is 1. The molecule has 3 aromatic rings. The number of halogens is 1. The zero-order chi connectivity index (χ0) is 22.0. The maximum Gasteiger partial charge on any atom is 0.256 e. The van der Waals surface area contributed by atoms with Gasteiger partial charge in [0, 0.05) is 47.2 Å². The smallest absolute Gasteiger partial charge is 0.256 e. The molecule has 0 aliphatic carbocycles. The van der Waals surface area contributed by atoms with Crippen molar-refractivity contribution in [2.75, 3.05) is 38.5 Å². The Balaban J connectivity index is 1.76. The van der Waals surface area contributed by atoms with Crippen molar-refractivity contribution in [3.8, 4) is 0 Å². The zero-order valence-electron chi connectivity index (χ0n) is 18.2. The summed E-state index contributed by atoms with van der Waals surface area (Å²) in [5.74, 6) is -0.0775. The number of carbonyl (C=O) groups is 1. The number of rotatable bonds is 5. The summed E-state index contributed by atoms with van der Waals surface area (Å²) in [6.07, 6.45) is 0. The van der Waals surface area contributed by atoms with E-state index in [0.717, 1.165) is 41.8 Å². The van der Waals surface area contributed by atoms with Gasteiger partial charge in [-0.2, -0.15) is 0 Å². The van der Waals surface area contributed by atoms with Crippen molar-refractivity contribution in [3.05, 3.63) is 86.8 Å². The van der Waals surface area contributed by atoms with Crippen LogP contribution in [0.3, 0.4) is 0 Å². The van der Waals surface area contributed by atoms with Gasteiger partial charge in [0.25, 0.3) is 5.91 Å². The van der Waals surface area contributed by atoms with Crippen LogP contribution < -0.4 is 5.32 Å². The van der Waals surface area contributed by atoms with Crippen LogP contribution in [0.25, 0.3) is 0 Å². The summed E-state index contributed by atoms with van der Waals surface area (Å²) in [6, 6.07) is 17.6. The van der Waals surface area contributed by atoms with E-state index in [9.17, 15) is 4.79 Å². The highest BCUT2D eigenvalue weighted by molar-refractivity contribution is 7.16. The van der Waals surface area contributed by atoms with Gasteiger partial charge in [-0.05, 0) is 56.3 Å². The van der Waals surface area contributed by atoms with Crippen LogP contribution in [0.5, 0.6) is 0 Å². The lowest BCUT2D eigenvalue weighted by Crippen LogP contribution is -2.46. The number of carbonyl (C=O) groups excluding carboxylic acids is 1. The van der Waals surface area contributed by atoms with Crippen LogP contribution in [-0.2, 0) is 0 Å². The molecule has 1 aliphatic heterocycles. The summed E-state index contributed by atoms with van der Waals surface area (Å²) < 4.78 is 0. The molecule has 1 atom stereocenters. The van der Waals surface area contributed by atoms with Crippen molar-refractivity contribution in [1.29, 1.82) is 0 Å². The number of likely N-dealkylation sites (N-methyl/N-ethyl adjacent to an activating group) is 1. The van der Waals surface area contributed by atoms with Crippen molar-refractivity contribution in [3.63, 3.8) is 0 Å². The van der Waals surface area contributed by atoms with E-state index in [2.05, 4.69) is 48.1 Å². The first kappa shape index (κ1) is 22.0. The Kier molecular flexibility index (Phi) is 6.77. The van der Waals surface area contributed by atoms with Gasteiger partial charge in [0.1, 0.15) is 5.00 Å². The molecule has 1 fully saturated rings. The number of aryl methyl sites for hydroxylation is 1. The van der Waals surface area contributed by atoms with Gasteiger partial charge in [0.2, 0.25) is 0 Å². The highest BCUT2D eigenvalue weighted by Gasteiger charge is 2.31. The molecule has 0 radical (unpaired) electrons. The van der Waals surface area contributed by atoms with Gasteiger partial charge in [-0.25, -0.2) is 0 Å². The Morgan fingerprint density at radius 1 is 1.03 bits per heavy atom. The van der Waals surface area contributed by atoms with Crippen LogP contribution >= 0.6 is 22.9 Å². The first-order valence-corrected chi connectivity index (χ1v) is 11.8. The van der Waals surface area contributed by atoms with Crippen molar-refractivity contribution in [2.45, 2.75) is 19.9 Å². The van der Waals surface area contributed by atoms with E-state index in [1.807, 2.05) is 42.5 Å². The predicted molar refractivity (Wildman–Crippen MR) is 131 cm³/mol. The SMILES string of the molecule is Cc1sc(NC(=O)c2ccccc2)c([C@H](c2cccc(Cl)c2)N2CCN(C)CC2)c1C. The molecule has 1 aliphatic rings. The number of thiophene rings is 1. The van der Waals surface area contributed by atoms with Crippen LogP contribution in [-0.4, -0.2) is 48.9 Å². The molecular weight excluding hydrogens is 426 g/mol. The minimum absolute atomic E-state index is 0.0448. The predicted octanol–water partition coefficient (Wildman–Crippen LogP) is 5.61. The Bertz CT molecular complexity index is 1060. The highest BCUT2D eigenvalue weighted by Crippen LogP contribution is 2.43. The molecule has 0 bridgehead atoms. The Labute approximate surface area is 193 Å². The number of nitrogens with zero attached hydrogens (tertiary/aromatic N) is 2. The molecule has 162 valence electrons. The van der Waals surface area contributed by atoms with Crippen LogP contribution in [0.2, 0.25) is 5.02 Å². The molecule has 1 aromatic heterocycles. The van der Waals surface area contributed by atoms with Gasteiger partial charge in [0.05, 0.1) is 6.04 Å². The van der Waals surface area contributed by atoms with E-state index in [1.165, 1.54) is 16.0 Å². The van der Waals surface area contributed by atoms with Gasteiger partial charge in [-0.3, -0.25) is 9.69 Å². The number of amides is 1. The van der Waals surface area contributed by atoms with E-state index < -0.39 is 0 Å². The number of nitrogens with one attached hydrogen (secondary N) is 1. The largest absolute Gasteiger partial charge is 0.313 e. The summed E-state index contributed by atoms with van der Waals surface area (Å²) in [5, 5.41) is 4.87. The second kappa shape index (κ2) is 9.53. The molecule has 1 saturated heterocycles. The number of benzene rings is 2. The molecule has 1 amide bonds. The second-order valence-corrected chi connectivity index (χ2v) is 9.80. The number of hydrogen-bond donors (Lipinski definition) is 1. The van der Waals surface area contributed by atoms with Gasteiger partial charge in [-0.1, -0.05) is 41.9 Å². The van der Waals surface area contributed by atoms with Crippen LogP contribution in [0.15, 0.2) is 54.6 Å². The Morgan fingerprint density at radius 2 is 1.74 bits per heavy atom. The van der Waals surface area contributed by atoms with E-state index >= 15 is 0 Å². The quantitative estimate of drug-likeness (QED) is 0.545. The first-order valence-electron chi connectivity index (χ1n) is 10.6. The lowest BCUT2D eigenvalue weighted by Gasteiger charge is -2.39. The molecule has 1 N–H and O–H groups in total. The van der Waals surface area contributed by atoms with Gasteiger partial charge in [0.15, 0.2) is 0 Å². The standard InChI is InChI=1S/C25H28ClN3OS/c1-17-18(2)31-25(27-24(30)19-8-5-4-6-9-19)22(17)23(20-10-7-11-21(26)16-20)29-14-12-28(3)13-15-29/h4-11,16,23H,12-15H2,1-3H3,(H,27,30)/t23-/m0/s1. The van der Waals surface area contributed by atoms with E-state index in [-0.39, 0.29) is 11.9 Å². The number of piperazine rings is 1. The average Bonchev–Trinajstić information content (AvgIpc) is 3.04. The van der Waals surface area contributed by atoms with Crippen LogP contribution in [0.4, 0.5) is 5.00 Å². The Morgan fingerprint density at radius 3 is 2.42 bits per heavy atom. The monoisotopic (exact) mass is 453 g/mol. The topological polar surface area (TPSA) is 35.6 Å². The molecule has 0 unspecified atom stereocenters. The third-order valence-corrected chi connectivity index (χ3v) is 7.41. The third kappa shape index (κ3) is 4.85. The van der Waals surface area contributed by atoms with Crippen molar-refractivity contribution < 1.29 is 4.79 Å². The highest BCUT2D eigenvalue weighted by atomic mass is 35.5. The fourth-order valence-electron chi connectivity index (χ4n) is 4.15. The summed E-state index contributed by atoms with van der Waals surface area (Å²) >= 11 is 8.05. The summed E-state index contributed by atoms with van der Waals surface area (Å²) in [7, 11) is 2.16. The summed E-state index contributed by atoms with van der Waals surface area (Å²) in [4.78, 5) is 19.1. The molecule has 2 aromatic carbocycles. The molecule has 4 nitrogen and oxygen atoms in total. The average molecular weight is 454 g/mol. The zero-order valence-corrected chi connectivity index (χ0v) is 19.8. The maximum atomic E-state index is 13.0. The summed E-state index contributed by atoms with van der Waals surface area (Å²) in [6.45, 7) is 8.26. The molecule has 31 heavy (non-hydrogen) atoms. The summed E-state index contributed by atoms with van der Waals surface area (Å²) in [5.41, 5.74) is 4.24. The van der Waals surface area contributed by atoms with Gasteiger partial charge < -0.3 is 10.2 Å². The lowest BCUT2D eigenvalue weighted by molar-refractivity contribution is 0.102. The lowest BCUT2D eigenvalue weighted by atomic mass is 9.94. The first-order chi connectivity index (χ1) is 14.9. The fourth-order valence-corrected chi connectivity index (χ4v) is 5.43. The normalized spacial score (nSPS) is 16.3.